The van der Waals surface area contributed by atoms with E-state index in [4.69, 9.17) is 10.5 Å². The zero-order valence-corrected chi connectivity index (χ0v) is 10.9. The molecule has 1 aliphatic rings. The predicted octanol–water partition coefficient (Wildman–Crippen LogP) is 1.57. The van der Waals surface area contributed by atoms with Crippen molar-refractivity contribution >= 4 is 0 Å². The summed E-state index contributed by atoms with van der Waals surface area (Å²) in [5, 5.41) is 9.86. The Hall–Kier alpha value is -1.26. The van der Waals surface area contributed by atoms with Crippen LogP contribution in [0.4, 0.5) is 0 Å². The zero-order chi connectivity index (χ0) is 13.0. The van der Waals surface area contributed by atoms with Crippen LogP contribution in [0.2, 0.25) is 0 Å². The lowest BCUT2D eigenvalue weighted by Crippen LogP contribution is -2.35. The van der Waals surface area contributed by atoms with Crippen LogP contribution in [0.3, 0.4) is 0 Å². The highest BCUT2D eigenvalue weighted by Crippen LogP contribution is 2.26. The second kappa shape index (κ2) is 6.07. The van der Waals surface area contributed by atoms with Crippen LogP contribution in [0, 0.1) is 5.92 Å². The highest BCUT2D eigenvalue weighted by Gasteiger charge is 2.18. The second-order valence-electron chi connectivity index (χ2n) is 4.95. The molecule has 1 saturated heterocycles. The van der Waals surface area contributed by atoms with Gasteiger partial charge in [0, 0.05) is 12.1 Å². The Bertz CT molecular complexity index is 387. The van der Waals surface area contributed by atoms with Crippen LogP contribution >= 0.6 is 0 Å². The second-order valence-corrected chi connectivity index (χ2v) is 4.95. The number of methoxy groups -OCH3 is 1. The van der Waals surface area contributed by atoms with Gasteiger partial charge in [0.1, 0.15) is 11.5 Å². The lowest BCUT2D eigenvalue weighted by molar-refractivity contribution is 0.179. The molecule has 0 bridgehead atoms. The Morgan fingerprint density at radius 1 is 1.39 bits per heavy atom. The van der Waals surface area contributed by atoms with E-state index in [9.17, 15) is 5.11 Å². The molecule has 18 heavy (non-hydrogen) atoms. The van der Waals surface area contributed by atoms with Crippen molar-refractivity contribution in [2.24, 2.45) is 11.7 Å². The molecule has 0 aromatic heterocycles. The number of hydrogen-bond donors (Lipinski definition) is 2. The van der Waals surface area contributed by atoms with Crippen LogP contribution in [0.25, 0.3) is 0 Å². The standard InChI is InChI=1S/C14H22N2O2/c1-18-13-2-3-14(17)12(8-13)10-16-6-4-11(9-15)5-7-16/h2-3,8,11,17H,4-7,9-10,15H2,1H3. The van der Waals surface area contributed by atoms with E-state index in [0.717, 1.165) is 50.3 Å². The topological polar surface area (TPSA) is 58.7 Å². The molecule has 0 saturated carbocycles. The fourth-order valence-corrected chi connectivity index (χ4v) is 2.44. The SMILES string of the molecule is COc1ccc(O)c(CN2CCC(CN)CC2)c1. The third kappa shape index (κ3) is 3.15. The molecule has 0 amide bonds. The van der Waals surface area contributed by atoms with Crippen molar-refractivity contribution in [2.45, 2.75) is 19.4 Å². The van der Waals surface area contributed by atoms with Gasteiger partial charge < -0.3 is 15.6 Å². The van der Waals surface area contributed by atoms with Gasteiger partial charge in [0.05, 0.1) is 7.11 Å². The number of hydrogen-bond acceptors (Lipinski definition) is 4. The number of rotatable bonds is 4. The maximum absolute atomic E-state index is 9.86. The van der Waals surface area contributed by atoms with Gasteiger partial charge in [-0.1, -0.05) is 0 Å². The molecule has 4 heteroatoms. The van der Waals surface area contributed by atoms with Gasteiger partial charge in [-0.15, -0.1) is 0 Å². The number of nitrogens with two attached hydrogens (primary N) is 1. The van der Waals surface area contributed by atoms with E-state index in [1.807, 2.05) is 6.07 Å². The molecule has 0 spiro atoms. The van der Waals surface area contributed by atoms with Crippen molar-refractivity contribution in [1.82, 2.24) is 4.90 Å². The molecule has 1 aromatic carbocycles. The maximum atomic E-state index is 9.86. The molecule has 0 atom stereocenters. The van der Waals surface area contributed by atoms with Crippen molar-refractivity contribution < 1.29 is 9.84 Å². The molecule has 1 heterocycles. The number of phenols is 1. The molecule has 0 aliphatic carbocycles. The van der Waals surface area contributed by atoms with Gasteiger partial charge in [0.2, 0.25) is 0 Å². The van der Waals surface area contributed by atoms with Crippen LogP contribution in [-0.2, 0) is 6.54 Å². The fourth-order valence-electron chi connectivity index (χ4n) is 2.44. The lowest BCUT2D eigenvalue weighted by Gasteiger charge is -2.31. The summed E-state index contributed by atoms with van der Waals surface area (Å²) in [7, 11) is 1.64. The monoisotopic (exact) mass is 250 g/mol. The quantitative estimate of drug-likeness (QED) is 0.851. The van der Waals surface area contributed by atoms with Gasteiger partial charge in [-0.2, -0.15) is 0 Å². The molecule has 1 fully saturated rings. The van der Waals surface area contributed by atoms with E-state index in [2.05, 4.69) is 4.90 Å². The minimum Gasteiger partial charge on any atom is -0.508 e. The summed E-state index contributed by atoms with van der Waals surface area (Å²) >= 11 is 0. The van der Waals surface area contributed by atoms with Crippen LogP contribution < -0.4 is 10.5 Å². The first-order valence-electron chi connectivity index (χ1n) is 6.51. The van der Waals surface area contributed by atoms with E-state index < -0.39 is 0 Å². The van der Waals surface area contributed by atoms with Crippen molar-refractivity contribution in [3.8, 4) is 11.5 Å². The Kier molecular flexibility index (Phi) is 4.44. The highest BCUT2D eigenvalue weighted by atomic mass is 16.5. The van der Waals surface area contributed by atoms with Crippen molar-refractivity contribution in [1.29, 1.82) is 0 Å². The van der Waals surface area contributed by atoms with Gasteiger partial charge in [-0.3, -0.25) is 4.90 Å². The van der Waals surface area contributed by atoms with Gasteiger partial charge in [0.25, 0.3) is 0 Å². The lowest BCUT2D eigenvalue weighted by atomic mass is 9.97. The molecule has 0 unspecified atom stereocenters. The minimum atomic E-state index is 0.344. The van der Waals surface area contributed by atoms with E-state index in [-0.39, 0.29) is 0 Å². The average molecular weight is 250 g/mol. The number of ether oxygens (including phenoxy) is 1. The first-order valence-corrected chi connectivity index (χ1v) is 6.51. The van der Waals surface area contributed by atoms with Gasteiger partial charge in [-0.05, 0) is 56.6 Å². The van der Waals surface area contributed by atoms with Gasteiger partial charge >= 0.3 is 0 Å². The van der Waals surface area contributed by atoms with Gasteiger partial charge in [0.15, 0.2) is 0 Å². The smallest absolute Gasteiger partial charge is 0.120 e. The summed E-state index contributed by atoms with van der Waals surface area (Å²) in [6.07, 6.45) is 2.31. The Labute approximate surface area is 108 Å². The Morgan fingerprint density at radius 2 is 2.11 bits per heavy atom. The van der Waals surface area contributed by atoms with E-state index >= 15 is 0 Å². The summed E-state index contributed by atoms with van der Waals surface area (Å²) < 4.78 is 5.19. The van der Waals surface area contributed by atoms with Crippen LogP contribution in [0.15, 0.2) is 18.2 Å². The van der Waals surface area contributed by atoms with E-state index in [1.54, 1.807) is 19.2 Å². The first kappa shape index (κ1) is 13.2. The summed E-state index contributed by atoms with van der Waals surface area (Å²) in [6, 6.07) is 5.38. The molecule has 4 nitrogen and oxygen atoms in total. The predicted molar refractivity (Wildman–Crippen MR) is 71.7 cm³/mol. The fraction of sp³-hybridized carbons (Fsp3) is 0.571. The first-order chi connectivity index (χ1) is 8.72. The molecule has 1 aromatic rings. The summed E-state index contributed by atoms with van der Waals surface area (Å²) in [5.41, 5.74) is 6.62. The number of nitrogens with zero attached hydrogens (tertiary/aromatic N) is 1. The van der Waals surface area contributed by atoms with Crippen LogP contribution in [-0.4, -0.2) is 36.8 Å². The third-order valence-electron chi connectivity index (χ3n) is 3.72. The van der Waals surface area contributed by atoms with Crippen molar-refractivity contribution in [3.05, 3.63) is 23.8 Å². The Morgan fingerprint density at radius 3 is 2.72 bits per heavy atom. The number of aromatic hydroxyl groups is 1. The van der Waals surface area contributed by atoms with E-state index in [1.165, 1.54) is 0 Å². The molecule has 2 rings (SSSR count). The Balaban J connectivity index is 1.97. The van der Waals surface area contributed by atoms with Crippen LogP contribution in [0.5, 0.6) is 11.5 Å². The molecule has 100 valence electrons. The third-order valence-corrected chi connectivity index (χ3v) is 3.72. The molecular formula is C14H22N2O2. The number of benzene rings is 1. The summed E-state index contributed by atoms with van der Waals surface area (Å²) in [6.45, 7) is 3.68. The summed E-state index contributed by atoms with van der Waals surface area (Å²) in [5.74, 6) is 1.80. The minimum absolute atomic E-state index is 0.344. The highest BCUT2D eigenvalue weighted by molar-refractivity contribution is 5.39. The molecule has 1 aliphatic heterocycles. The normalized spacial score (nSPS) is 17.9. The van der Waals surface area contributed by atoms with E-state index in [0.29, 0.717) is 11.7 Å². The molecule has 0 radical (unpaired) electrons. The maximum Gasteiger partial charge on any atom is 0.120 e. The zero-order valence-electron chi connectivity index (χ0n) is 10.9. The van der Waals surface area contributed by atoms with Crippen molar-refractivity contribution in [2.75, 3.05) is 26.7 Å². The number of piperidine rings is 1. The molecule has 3 N–H and O–H groups in total. The number of phenolic OH excluding ortho intramolecular Hbond substituents is 1. The summed E-state index contributed by atoms with van der Waals surface area (Å²) in [4.78, 5) is 2.36. The number of likely N-dealkylation sites (tertiary alicyclic amines) is 1. The van der Waals surface area contributed by atoms with Crippen LogP contribution in [0.1, 0.15) is 18.4 Å². The van der Waals surface area contributed by atoms with Gasteiger partial charge in [-0.25, -0.2) is 0 Å². The molecular weight excluding hydrogens is 228 g/mol. The average Bonchev–Trinajstić information content (AvgIpc) is 2.42. The van der Waals surface area contributed by atoms with Crippen molar-refractivity contribution in [3.63, 3.8) is 0 Å². The largest absolute Gasteiger partial charge is 0.508 e.